The molecule has 0 amide bonds. The first-order valence-corrected chi connectivity index (χ1v) is 6.03. The molecule has 0 heterocycles. The minimum Gasteiger partial charge on any atom is -0.478 e. The summed E-state index contributed by atoms with van der Waals surface area (Å²) in [6.45, 7) is 0. The van der Waals surface area contributed by atoms with Gasteiger partial charge in [0, 0.05) is 5.69 Å². The lowest BCUT2D eigenvalue weighted by molar-refractivity contribution is 0.0697. The van der Waals surface area contributed by atoms with Gasteiger partial charge < -0.3 is 5.11 Å². The lowest BCUT2D eigenvalue weighted by Gasteiger charge is -2.04. The number of carboxylic acid groups (broad SMARTS) is 1. The van der Waals surface area contributed by atoms with E-state index in [9.17, 15) is 13.2 Å². The van der Waals surface area contributed by atoms with Crippen LogP contribution in [0, 0.1) is 0 Å². The van der Waals surface area contributed by atoms with E-state index < -0.39 is 21.2 Å². The molecule has 82 valence electrons. The number of hydrogen-bond donors (Lipinski definition) is 2. The van der Waals surface area contributed by atoms with Crippen LogP contribution >= 0.6 is 11.6 Å². The van der Waals surface area contributed by atoms with Gasteiger partial charge in [0.05, 0.1) is 5.56 Å². The van der Waals surface area contributed by atoms with Crippen LogP contribution < -0.4 is 4.72 Å². The Morgan fingerprint density at radius 1 is 1.33 bits per heavy atom. The van der Waals surface area contributed by atoms with Gasteiger partial charge in [-0.2, -0.15) is 0 Å². The SMILES string of the molecule is O=C(O)c1ccc(NS(=O)(=O)CCl)cc1. The molecule has 0 aliphatic carbocycles. The first-order valence-electron chi connectivity index (χ1n) is 3.84. The smallest absolute Gasteiger partial charge is 0.335 e. The molecule has 0 radical (unpaired) electrons. The van der Waals surface area contributed by atoms with Gasteiger partial charge in [0.2, 0.25) is 10.0 Å². The zero-order valence-corrected chi connectivity index (χ0v) is 9.05. The van der Waals surface area contributed by atoms with Crippen LogP contribution in [0.5, 0.6) is 0 Å². The Labute approximate surface area is 91.7 Å². The molecule has 0 bridgehead atoms. The maximum absolute atomic E-state index is 11.0. The highest BCUT2D eigenvalue weighted by atomic mass is 35.5. The van der Waals surface area contributed by atoms with E-state index in [0.717, 1.165) is 0 Å². The highest BCUT2D eigenvalue weighted by molar-refractivity contribution is 7.93. The number of benzene rings is 1. The lowest BCUT2D eigenvalue weighted by Crippen LogP contribution is -2.13. The summed E-state index contributed by atoms with van der Waals surface area (Å²) in [7, 11) is -3.54. The summed E-state index contributed by atoms with van der Waals surface area (Å²) >= 11 is 5.18. The van der Waals surface area contributed by atoms with Crippen molar-refractivity contribution in [2.24, 2.45) is 0 Å². The monoisotopic (exact) mass is 249 g/mol. The van der Waals surface area contributed by atoms with Crippen LogP contribution in [0.25, 0.3) is 0 Å². The molecule has 0 fully saturated rings. The Hall–Kier alpha value is -1.27. The normalized spacial score (nSPS) is 11.0. The topological polar surface area (TPSA) is 83.5 Å². The predicted molar refractivity (Wildman–Crippen MR) is 56.7 cm³/mol. The van der Waals surface area contributed by atoms with Crippen molar-refractivity contribution in [1.29, 1.82) is 0 Å². The van der Waals surface area contributed by atoms with E-state index in [-0.39, 0.29) is 11.3 Å². The van der Waals surface area contributed by atoms with Gasteiger partial charge in [-0.25, -0.2) is 13.2 Å². The van der Waals surface area contributed by atoms with Crippen LogP contribution in [0.3, 0.4) is 0 Å². The largest absolute Gasteiger partial charge is 0.478 e. The molecule has 0 atom stereocenters. The molecule has 1 rings (SSSR count). The number of aromatic carboxylic acids is 1. The van der Waals surface area contributed by atoms with Gasteiger partial charge in [-0.1, -0.05) is 0 Å². The predicted octanol–water partition coefficient (Wildman–Crippen LogP) is 1.32. The molecule has 2 N–H and O–H groups in total. The van der Waals surface area contributed by atoms with Gasteiger partial charge in [-0.05, 0) is 24.3 Å². The second-order valence-electron chi connectivity index (χ2n) is 2.71. The van der Waals surface area contributed by atoms with E-state index in [1.807, 2.05) is 0 Å². The van der Waals surface area contributed by atoms with E-state index in [1.165, 1.54) is 24.3 Å². The zero-order chi connectivity index (χ0) is 11.5. The van der Waals surface area contributed by atoms with Crippen LogP contribution in [0.4, 0.5) is 5.69 Å². The van der Waals surface area contributed by atoms with Crippen molar-refractivity contribution < 1.29 is 18.3 Å². The molecular formula is C8H8ClNO4S. The van der Waals surface area contributed by atoms with Crippen molar-refractivity contribution in [2.75, 3.05) is 9.93 Å². The molecule has 0 spiro atoms. The number of halogens is 1. The van der Waals surface area contributed by atoms with E-state index in [2.05, 4.69) is 4.72 Å². The van der Waals surface area contributed by atoms with Crippen molar-refractivity contribution in [3.8, 4) is 0 Å². The number of rotatable bonds is 4. The molecule has 0 aliphatic heterocycles. The van der Waals surface area contributed by atoms with Crippen molar-refractivity contribution in [1.82, 2.24) is 0 Å². The standard InChI is InChI=1S/C8H8ClNO4S/c9-5-15(13,14)10-7-3-1-6(2-4-7)8(11)12/h1-4,10H,5H2,(H,11,12). The van der Waals surface area contributed by atoms with Crippen molar-refractivity contribution in [3.05, 3.63) is 29.8 Å². The fraction of sp³-hybridized carbons (Fsp3) is 0.125. The van der Waals surface area contributed by atoms with E-state index in [1.54, 1.807) is 0 Å². The Morgan fingerprint density at radius 2 is 1.87 bits per heavy atom. The molecule has 7 heteroatoms. The number of hydrogen-bond acceptors (Lipinski definition) is 3. The number of sulfonamides is 1. The van der Waals surface area contributed by atoms with Crippen molar-refractivity contribution in [3.63, 3.8) is 0 Å². The molecule has 1 aromatic carbocycles. The maximum atomic E-state index is 11.0. The third kappa shape index (κ3) is 3.41. The van der Waals surface area contributed by atoms with Crippen LogP contribution in [0.1, 0.15) is 10.4 Å². The van der Waals surface area contributed by atoms with E-state index >= 15 is 0 Å². The molecule has 0 saturated heterocycles. The number of carboxylic acids is 1. The summed E-state index contributed by atoms with van der Waals surface area (Å²) in [5.74, 6) is -1.07. The average Bonchev–Trinajstić information content (AvgIpc) is 2.18. The summed E-state index contributed by atoms with van der Waals surface area (Å²) in [5, 5.41) is 8.05. The van der Waals surface area contributed by atoms with Crippen LogP contribution in [0.15, 0.2) is 24.3 Å². The molecule has 0 aromatic heterocycles. The fourth-order valence-electron chi connectivity index (χ4n) is 0.888. The number of carbonyl (C=O) groups is 1. The summed E-state index contributed by atoms with van der Waals surface area (Å²) in [5.41, 5.74) is 0.365. The van der Waals surface area contributed by atoms with Crippen molar-refractivity contribution >= 4 is 33.3 Å². The van der Waals surface area contributed by atoms with Crippen LogP contribution in [0.2, 0.25) is 0 Å². The molecule has 5 nitrogen and oxygen atoms in total. The second-order valence-corrected chi connectivity index (χ2v) is 5.01. The third-order valence-electron chi connectivity index (χ3n) is 1.55. The molecule has 15 heavy (non-hydrogen) atoms. The van der Waals surface area contributed by atoms with Crippen LogP contribution in [-0.2, 0) is 10.0 Å². The molecule has 1 aromatic rings. The second kappa shape index (κ2) is 4.50. The maximum Gasteiger partial charge on any atom is 0.335 e. The average molecular weight is 250 g/mol. The van der Waals surface area contributed by atoms with E-state index in [0.29, 0.717) is 0 Å². The Bertz CT molecular complexity index is 454. The molecule has 0 unspecified atom stereocenters. The Balaban J connectivity index is 2.86. The number of alkyl halides is 1. The van der Waals surface area contributed by atoms with Gasteiger partial charge in [-0.15, -0.1) is 11.6 Å². The van der Waals surface area contributed by atoms with Gasteiger partial charge >= 0.3 is 5.97 Å². The van der Waals surface area contributed by atoms with E-state index in [4.69, 9.17) is 16.7 Å². The first kappa shape index (κ1) is 11.8. The minimum atomic E-state index is -3.54. The van der Waals surface area contributed by atoms with Crippen LogP contribution in [-0.4, -0.2) is 24.7 Å². The highest BCUT2D eigenvalue weighted by Gasteiger charge is 2.08. The molecular weight excluding hydrogens is 242 g/mol. The summed E-state index contributed by atoms with van der Waals surface area (Å²) in [6, 6.07) is 5.31. The van der Waals surface area contributed by atoms with Gasteiger partial charge in [0.25, 0.3) is 0 Å². The lowest BCUT2D eigenvalue weighted by atomic mass is 10.2. The third-order valence-corrected chi connectivity index (χ3v) is 3.24. The minimum absolute atomic E-state index is 0.0869. The van der Waals surface area contributed by atoms with Gasteiger partial charge in [0.15, 0.2) is 0 Å². The fourth-order valence-corrected chi connectivity index (χ4v) is 1.60. The van der Waals surface area contributed by atoms with Gasteiger partial charge in [-0.3, -0.25) is 4.72 Å². The molecule has 0 aliphatic rings. The Kier molecular flexibility index (Phi) is 3.54. The van der Waals surface area contributed by atoms with Crippen molar-refractivity contribution in [2.45, 2.75) is 0 Å². The summed E-state index contributed by atoms with van der Waals surface area (Å²) in [4.78, 5) is 10.5. The summed E-state index contributed by atoms with van der Waals surface area (Å²) in [6.07, 6.45) is 0. The zero-order valence-electron chi connectivity index (χ0n) is 7.47. The Morgan fingerprint density at radius 3 is 2.27 bits per heavy atom. The first-order chi connectivity index (χ1) is 6.94. The summed E-state index contributed by atoms with van der Waals surface area (Å²) < 4.78 is 24.2. The number of nitrogens with one attached hydrogen (secondary N) is 1. The highest BCUT2D eigenvalue weighted by Crippen LogP contribution is 2.11. The van der Waals surface area contributed by atoms with Gasteiger partial charge in [0.1, 0.15) is 5.21 Å². The number of anilines is 1. The quantitative estimate of drug-likeness (QED) is 0.789. The molecule has 0 saturated carbocycles.